The van der Waals surface area contributed by atoms with Gasteiger partial charge < -0.3 is 5.11 Å². The quantitative estimate of drug-likeness (QED) is 0.772. The average molecular weight is 179 g/mol. The van der Waals surface area contributed by atoms with Gasteiger partial charge in [0, 0.05) is 6.20 Å². The van der Waals surface area contributed by atoms with Crippen LogP contribution in [0.15, 0.2) is 18.3 Å². The molecule has 1 heterocycles. The molecule has 0 aliphatic rings. The van der Waals surface area contributed by atoms with Gasteiger partial charge in [0.25, 0.3) is 0 Å². The van der Waals surface area contributed by atoms with Gasteiger partial charge in [0.2, 0.25) is 0 Å². The summed E-state index contributed by atoms with van der Waals surface area (Å²) >= 11 is 0. The SMILES string of the molecule is CC(C)Cc1ccc(C(C)O)nc1. The molecule has 1 aromatic heterocycles. The average Bonchev–Trinajstić information content (AvgIpc) is 2.04. The molecule has 0 saturated carbocycles. The lowest BCUT2D eigenvalue weighted by Gasteiger charge is -2.06. The molecule has 1 N–H and O–H groups in total. The molecule has 0 amide bonds. The van der Waals surface area contributed by atoms with Gasteiger partial charge in [-0.25, -0.2) is 0 Å². The molecular weight excluding hydrogens is 162 g/mol. The maximum Gasteiger partial charge on any atom is 0.0931 e. The smallest absolute Gasteiger partial charge is 0.0931 e. The van der Waals surface area contributed by atoms with E-state index < -0.39 is 6.10 Å². The zero-order chi connectivity index (χ0) is 9.84. The van der Waals surface area contributed by atoms with E-state index in [2.05, 4.69) is 18.8 Å². The van der Waals surface area contributed by atoms with Gasteiger partial charge >= 0.3 is 0 Å². The van der Waals surface area contributed by atoms with E-state index in [0.717, 1.165) is 12.1 Å². The Balaban J connectivity index is 2.70. The molecule has 1 rings (SSSR count). The van der Waals surface area contributed by atoms with Crippen molar-refractivity contribution in [1.29, 1.82) is 0 Å². The van der Waals surface area contributed by atoms with Crippen LogP contribution < -0.4 is 0 Å². The van der Waals surface area contributed by atoms with Crippen LogP contribution in [0.4, 0.5) is 0 Å². The third-order valence-corrected chi connectivity index (χ3v) is 1.92. The summed E-state index contributed by atoms with van der Waals surface area (Å²) in [5.41, 5.74) is 1.98. The topological polar surface area (TPSA) is 33.1 Å². The van der Waals surface area contributed by atoms with Crippen molar-refractivity contribution < 1.29 is 5.11 Å². The molecule has 0 aromatic carbocycles. The summed E-state index contributed by atoms with van der Waals surface area (Å²) in [6.45, 7) is 6.09. The molecule has 72 valence electrons. The third-order valence-electron chi connectivity index (χ3n) is 1.92. The molecular formula is C11H17NO. The van der Waals surface area contributed by atoms with Crippen LogP contribution >= 0.6 is 0 Å². The van der Waals surface area contributed by atoms with Crippen molar-refractivity contribution in [1.82, 2.24) is 4.98 Å². The lowest BCUT2D eigenvalue weighted by atomic mass is 10.0. The fourth-order valence-corrected chi connectivity index (χ4v) is 1.28. The molecule has 0 radical (unpaired) electrons. The lowest BCUT2D eigenvalue weighted by Crippen LogP contribution is -1.98. The molecule has 0 spiro atoms. The molecule has 2 heteroatoms. The Morgan fingerprint density at radius 3 is 2.38 bits per heavy atom. The number of aromatic nitrogens is 1. The number of aliphatic hydroxyl groups excluding tert-OH is 1. The molecule has 0 saturated heterocycles. The summed E-state index contributed by atoms with van der Waals surface area (Å²) < 4.78 is 0. The highest BCUT2D eigenvalue weighted by Crippen LogP contribution is 2.11. The van der Waals surface area contributed by atoms with Gasteiger partial charge in [-0.2, -0.15) is 0 Å². The van der Waals surface area contributed by atoms with Crippen LogP contribution in [0.5, 0.6) is 0 Å². The highest BCUT2D eigenvalue weighted by molar-refractivity contribution is 5.15. The van der Waals surface area contributed by atoms with E-state index in [9.17, 15) is 5.11 Å². The Kier molecular flexibility index (Phi) is 3.43. The van der Waals surface area contributed by atoms with E-state index in [-0.39, 0.29) is 0 Å². The Hall–Kier alpha value is -0.890. The molecule has 0 aliphatic carbocycles. The molecule has 0 aliphatic heterocycles. The zero-order valence-electron chi connectivity index (χ0n) is 8.49. The van der Waals surface area contributed by atoms with Crippen molar-refractivity contribution in [2.24, 2.45) is 5.92 Å². The summed E-state index contributed by atoms with van der Waals surface area (Å²) in [6, 6.07) is 3.93. The van der Waals surface area contributed by atoms with Gasteiger partial charge in [0.1, 0.15) is 0 Å². The van der Waals surface area contributed by atoms with Crippen LogP contribution in [0.3, 0.4) is 0 Å². The van der Waals surface area contributed by atoms with Crippen molar-refractivity contribution in [2.75, 3.05) is 0 Å². The second kappa shape index (κ2) is 4.38. The summed E-state index contributed by atoms with van der Waals surface area (Å²) in [5, 5.41) is 9.23. The first-order valence-electron chi connectivity index (χ1n) is 4.72. The number of pyridine rings is 1. The number of hydrogen-bond donors (Lipinski definition) is 1. The Morgan fingerprint density at radius 2 is 2.00 bits per heavy atom. The Bertz CT molecular complexity index is 251. The van der Waals surface area contributed by atoms with Crippen LogP contribution in [0.1, 0.15) is 38.1 Å². The second-order valence-electron chi connectivity index (χ2n) is 3.87. The van der Waals surface area contributed by atoms with Gasteiger partial charge in [0.05, 0.1) is 11.8 Å². The minimum Gasteiger partial charge on any atom is -0.387 e. The number of rotatable bonds is 3. The van der Waals surface area contributed by atoms with Crippen molar-refractivity contribution in [3.63, 3.8) is 0 Å². The Labute approximate surface area is 79.6 Å². The molecule has 2 nitrogen and oxygen atoms in total. The van der Waals surface area contributed by atoms with Crippen LogP contribution in [0.25, 0.3) is 0 Å². The molecule has 13 heavy (non-hydrogen) atoms. The third kappa shape index (κ3) is 3.15. The number of hydrogen-bond acceptors (Lipinski definition) is 2. The first kappa shape index (κ1) is 10.2. The molecule has 1 atom stereocenters. The zero-order valence-corrected chi connectivity index (χ0v) is 8.49. The first-order valence-corrected chi connectivity index (χ1v) is 4.72. The van der Waals surface area contributed by atoms with Crippen LogP contribution in [-0.4, -0.2) is 10.1 Å². The van der Waals surface area contributed by atoms with E-state index >= 15 is 0 Å². The first-order chi connectivity index (χ1) is 6.09. The van der Waals surface area contributed by atoms with E-state index in [1.54, 1.807) is 6.92 Å². The van der Waals surface area contributed by atoms with E-state index in [4.69, 9.17) is 0 Å². The summed E-state index contributed by atoms with van der Waals surface area (Å²) in [4.78, 5) is 4.18. The van der Waals surface area contributed by atoms with Crippen molar-refractivity contribution >= 4 is 0 Å². The standard InChI is InChI=1S/C11H17NO/c1-8(2)6-10-4-5-11(9(3)13)12-7-10/h4-5,7-9,13H,6H2,1-3H3. The predicted octanol–water partition coefficient (Wildman–Crippen LogP) is 2.33. The summed E-state index contributed by atoms with van der Waals surface area (Å²) in [7, 11) is 0. The van der Waals surface area contributed by atoms with E-state index in [1.807, 2.05) is 18.3 Å². The van der Waals surface area contributed by atoms with Gasteiger partial charge in [-0.3, -0.25) is 4.98 Å². The van der Waals surface area contributed by atoms with Crippen LogP contribution in [-0.2, 0) is 6.42 Å². The largest absolute Gasteiger partial charge is 0.387 e. The van der Waals surface area contributed by atoms with Crippen LogP contribution in [0.2, 0.25) is 0 Å². The van der Waals surface area contributed by atoms with Crippen molar-refractivity contribution in [2.45, 2.75) is 33.3 Å². The second-order valence-corrected chi connectivity index (χ2v) is 3.87. The predicted molar refractivity (Wildman–Crippen MR) is 53.4 cm³/mol. The van der Waals surface area contributed by atoms with Gasteiger partial charge in [-0.1, -0.05) is 19.9 Å². The van der Waals surface area contributed by atoms with Crippen LogP contribution in [0, 0.1) is 5.92 Å². The van der Waals surface area contributed by atoms with Gasteiger partial charge in [-0.15, -0.1) is 0 Å². The normalized spacial score (nSPS) is 13.3. The number of aliphatic hydroxyl groups is 1. The van der Waals surface area contributed by atoms with Crippen molar-refractivity contribution in [3.05, 3.63) is 29.6 Å². The fourth-order valence-electron chi connectivity index (χ4n) is 1.28. The monoisotopic (exact) mass is 179 g/mol. The molecule has 1 unspecified atom stereocenters. The molecule has 0 bridgehead atoms. The summed E-state index contributed by atoms with van der Waals surface area (Å²) in [6.07, 6.45) is 2.43. The molecule has 1 aromatic rings. The lowest BCUT2D eigenvalue weighted by molar-refractivity contribution is 0.194. The molecule has 0 fully saturated rings. The fraction of sp³-hybridized carbons (Fsp3) is 0.545. The highest BCUT2D eigenvalue weighted by atomic mass is 16.3. The maximum atomic E-state index is 9.23. The van der Waals surface area contributed by atoms with Crippen molar-refractivity contribution in [3.8, 4) is 0 Å². The van der Waals surface area contributed by atoms with Gasteiger partial charge in [0.15, 0.2) is 0 Å². The summed E-state index contributed by atoms with van der Waals surface area (Å²) in [5.74, 6) is 0.652. The minimum atomic E-state index is -0.465. The number of nitrogens with zero attached hydrogens (tertiary/aromatic N) is 1. The van der Waals surface area contributed by atoms with E-state index in [1.165, 1.54) is 5.56 Å². The van der Waals surface area contributed by atoms with Gasteiger partial charge in [-0.05, 0) is 30.9 Å². The highest BCUT2D eigenvalue weighted by Gasteiger charge is 2.02. The van der Waals surface area contributed by atoms with E-state index in [0.29, 0.717) is 5.92 Å². The maximum absolute atomic E-state index is 9.23. The Morgan fingerprint density at radius 1 is 1.31 bits per heavy atom. The minimum absolute atomic E-state index is 0.465.